The molecule has 1 fully saturated rings. The summed E-state index contributed by atoms with van der Waals surface area (Å²) in [6, 6.07) is 3.35. The van der Waals surface area contributed by atoms with Crippen molar-refractivity contribution in [1.29, 1.82) is 0 Å². The molecule has 1 aromatic rings. The molecule has 1 aliphatic heterocycles. The molecule has 0 aliphatic carbocycles. The van der Waals surface area contributed by atoms with Gasteiger partial charge in [0.05, 0.1) is 6.42 Å². The van der Waals surface area contributed by atoms with Gasteiger partial charge in [-0.05, 0) is 32.0 Å². The van der Waals surface area contributed by atoms with Crippen LogP contribution >= 0.6 is 11.3 Å². The van der Waals surface area contributed by atoms with E-state index in [1.165, 1.54) is 11.3 Å². The molecule has 2 heterocycles. The number of likely N-dealkylation sites (N-methyl/N-ethyl adjacent to an activating group) is 1. The average molecular weight is 345 g/mol. The second kappa shape index (κ2) is 8.05. The summed E-state index contributed by atoms with van der Waals surface area (Å²) in [6.45, 7) is 2.48. The third-order valence-electron chi connectivity index (χ3n) is 3.58. The van der Waals surface area contributed by atoms with Crippen LogP contribution in [-0.2, 0) is 21.2 Å². The molecule has 0 unspecified atom stereocenters. The molecule has 0 bridgehead atoms. The zero-order valence-electron chi connectivity index (χ0n) is 12.8. The highest BCUT2D eigenvalue weighted by molar-refractivity contribution is 7.91. The minimum absolute atomic E-state index is 0.0842. The lowest BCUT2D eigenvalue weighted by molar-refractivity contribution is -0.120. The van der Waals surface area contributed by atoms with Crippen LogP contribution in [0.25, 0.3) is 0 Å². The minimum Gasteiger partial charge on any atom is -0.355 e. The van der Waals surface area contributed by atoms with Crippen LogP contribution in [0.2, 0.25) is 0 Å². The van der Waals surface area contributed by atoms with Crippen molar-refractivity contribution >= 4 is 27.3 Å². The first-order chi connectivity index (χ1) is 10.5. The first-order valence-corrected chi connectivity index (χ1v) is 9.80. The molecule has 2 N–H and O–H groups in total. The number of nitrogens with zero attached hydrogens (tertiary/aromatic N) is 1. The average Bonchev–Trinajstić information content (AvgIpc) is 2.97. The van der Waals surface area contributed by atoms with Crippen molar-refractivity contribution in [2.75, 3.05) is 33.2 Å². The molecule has 2 rings (SSSR count). The molecule has 0 radical (unpaired) electrons. The first-order valence-electron chi connectivity index (χ1n) is 7.54. The number of piperidine rings is 1. The molecule has 124 valence electrons. The predicted octanol–water partition coefficient (Wildman–Crippen LogP) is 0.801. The third-order valence-corrected chi connectivity index (χ3v) is 7.03. The van der Waals surface area contributed by atoms with E-state index in [1.54, 1.807) is 16.4 Å². The van der Waals surface area contributed by atoms with Crippen LogP contribution in [0.5, 0.6) is 0 Å². The summed E-state index contributed by atoms with van der Waals surface area (Å²) in [7, 11) is -1.57. The van der Waals surface area contributed by atoms with Gasteiger partial charge in [-0.15, -0.1) is 11.3 Å². The summed E-state index contributed by atoms with van der Waals surface area (Å²) in [5.41, 5.74) is 0. The van der Waals surface area contributed by atoms with Gasteiger partial charge in [0.1, 0.15) is 4.21 Å². The number of hydrogen-bond donors (Lipinski definition) is 2. The second-order valence-corrected chi connectivity index (χ2v) is 8.65. The molecule has 0 spiro atoms. The van der Waals surface area contributed by atoms with Gasteiger partial charge in [0.25, 0.3) is 10.0 Å². The van der Waals surface area contributed by atoms with Gasteiger partial charge in [0.2, 0.25) is 5.91 Å². The largest absolute Gasteiger partial charge is 0.355 e. The van der Waals surface area contributed by atoms with Crippen LogP contribution in [0.3, 0.4) is 0 Å². The van der Waals surface area contributed by atoms with Gasteiger partial charge in [-0.3, -0.25) is 4.79 Å². The molecular formula is C14H23N3O3S2. The summed E-state index contributed by atoms with van der Waals surface area (Å²) in [4.78, 5) is 12.5. The zero-order valence-corrected chi connectivity index (χ0v) is 14.4. The van der Waals surface area contributed by atoms with Gasteiger partial charge in [0.15, 0.2) is 0 Å². The quantitative estimate of drug-likeness (QED) is 0.717. The zero-order chi connectivity index (χ0) is 16.0. The minimum atomic E-state index is -3.39. The Morgan fingerprint density at radius 1 is 1.23 bits per heavy atom. The van der Waals surface area contributed by atoms with Gasteiger partial charge < -0.3 is 10.6 Å². The lowest BCUT2D eigenvalue weighted by Crippen LogP contribution is -2.35. The number of amides is 1. The molecule has 1 aromatic heterocycles. The molecule has 0 saturated carbocycles. The molecule has 0 aromatic carbocycles. The van der Waals surface area contributed by atoms with Gasteiger partial charge in [-0.1, -0.05) is 6.42 Å². The topological polar surface area (TPSA) is 78.5 Å². The number of rotatable bonds is 7. The Hall–Kier alpha value is -0.960. The molecule has 1 saturated heterocycles. The van der Waals surface area contributed by atoms with E-state index in [9.17, 15) is 13.2 Å². The molecule has 22 heavy (non-hydrogen) atoms. The number of sulfonamides is 1. The number of carbonyl (C=O) groups excluding carboxylic acids is 1. The number of carbonyl (C=O) groups is 1. The van der Waals surface area contributed by atoms with Crippen LogP contribution in [0, 0.1) is 0 Å². The van der Waals surface area contributed by atoms with E-state index >= 15 is 0 Å². The maximum Gasteiger partial charge on any atom is 0.252 e. The normalized spacial score (nSPS) is 16.6. The van der Waals surface area contributed by atoms with E-state index in [4.69, 9.17) is 0 Å². The van der Waals surface area contributed by atoms with E-state index in [0.717, 1.165) is 24.1 Å². The molecule has 6 nitrogen and oxygen atoms in total. The first kappa shape index (κ1) is 17.4. The van der Waals surface area contributed by atoms with Crippen molar-refractivity contribution in [3.63, 3.8) is 0 Å². The molecule has 8 heteroatoms. The van der Waals surface area contributed by atoms with E-state index in [-0.39, 0.29) is 12.3 Å². The molecule has 1 amide bonds. The Morgan fingerprint density at radius 3 is 2.64 bits per heavy atom. The van der Waals surface area contributed by atoms with Crippen molar-refractivity contribution in [1.82, 2.24) is 14.9 Å². The summed E-state index contributed by atoms with van der Waals surface area (Å²) in [5.74, 6) is -0.0842. The van der Waals surface area contributed by atoms with Crippen LogP contribution in [0.15, 0.2) is 16.3 Å². The van der Waals surface area contributed by atoms with E-state index in [0.29, 0.717) is 30.4 Å². The van der Waals surface area contributed by atoms with E-state index in [1.807, 2.05) is 7.05 Å². The van der Waals surface area contributed by atoms with Crippen molar-refractivity contribution in [2.45, 2.75) is 29.9 Å². The maximum absolute atomic E-state index is 12.5. The standard InChI is InChI=1S/C14H23N3O3S2/c1-15-7-8-16-13(18)11-12-5-6-14(21-12)22(19,20)17-9-3-2-4-10-17/h5-6,15H,2-4,7-11H2,1H3,(H,16,18). The monoisotopic (exact) mass is 345 g/mol. The van der Waals surface area contributed by atoms with Crippen LogP contribution in [-0.4, -0.2) is 51.9 Å². The fourth-order valence-electron chi connectivity index (χ4n) is 2.37. The van der Waals surface area contributed by atoms with Crippen LogP contribution < -0.4 is 10.6 Å². The Bertz CT molecular complexity index is 592. The Balaban J connectivity index is 1.96. The highest BCUT2D eigenvalue weighted by Crippen LogP contribution is 2.27. The lowest BCUT2D eigenvalue weighted by Gasteiger charge is -2.25. The van der Waals surface area contributed by atoms with E-state index in [2.05, 4.69) is 10.6 Å². The van der Waals surface area contributed by atoms with Crippen LogP contribution in [0.4, 0.5) is 0 Å². The second-order valence-electron chi connectivity index (χ2n) is 5.32. The molecule has 0 atom stereocenters. The summed E-state index contributed by atoms with van der Waals surface area (Å²) in [5, 5.41) is 5.74. The fourth-order valence-corrected chi connectivity index (χ4v) is 5.40. The lowest BCUT2D eigenvalue weighted by atomic mass is 10.2. The predicted molar refractivity (Wildman–Crippen MR) is 87.6 cm³/mol. The number of nitrogens with one attached hydrogen (secondary N) is 2. The maximum atomic E-state index is 12.5. The van der Waals surface area contributed by atoms with Crippen LogP contribution in [0.1, 0.15) is 24.1 Å². The smallest absolute Gasteiger partial charge is 0.252 e. The number of thiophene rings is 1. The van der Waals surface area contributed by atoms with E-state index < -0.39 is 10.0 Å². The summed E-state index contributed by atoms with van der Waals surface area (Å²) >= 11 is 1.19. The highest BCUT2D eigenvalue weighted by Gasteiger charge is 2.27. The fraction of sp³-hybridized carbons (Fsp3) is 0.643. The van der Waals surface area contributed by atoms with Crippen molar-refractivity contribution in [2.24, 2.45) is 0 Å². The summed E-state index contributed by atoms with van der Waals surface area (Å²) in [6.07, 6.45) is 3.16. The highest BCUT2D eigenvalue weighted by atomic mass is 32.2. The van der Waals surface area contributed by atoms with Crippen molar-refractivity contribution < 1.29 is 13.2 Å². The Morgan fingerprint density at radius 2 is 1.95 bits per heavy atom. The Labute approximate surface area is 135 Å². The van der Waals surface area contributed by atoms with Crippen molar-refractivity contribution in [3.05, 3.63) is 17.0 Å². The number of hydrogen-bond acceptors (Lipinski definition) is 5. The molecule has 1 aliphatic rings. The van der Waals surface area contributed by atoms with Gasteiger partial charge >= 0.3 is 0 Å². The third kappa shape index (κ3) is 4.52. The van der Waals surface area contributed by atoms with Gasteiger partial charge in [-0.2, -0.15) is 4.31 Å². The van der Waals surface area contributed by atoms with Gasteiger partial charge in [0, 0.05) is 31.1 Å². The van der Waals surface area contributed by atoms with Crippen molar-refractivity contribution in [3.8, 4) is 0 Å². The van der Waals surface area contributed by atoms with Gasteiger partial charge in [-0.25, -0.2) is 8.42 Å². The molecular weight excluding hydrogens is 322 g/mol. The Kier molecular flexibility index (Phi) is 6.37. The SMILES string of the molecule is CNCCNC(=O)Cc1ccc(S(=O)(=O)N2CCCCC2)s1. The summed E-state index contributed by atoms with van der Waals surface area (Å²) < 4.78 is 26.9.